The maximum atomic E-state index is 12.3. The van der Waals surface area contributed by atoms with Crippen LogP contribution in [0.4, 0.5) is 0 Å². The third kappa shape index (κ3) is 2.92. The topological polar surface area (TPSA) is 39.2 Å². The first-order valence-electron chi connectivity index (χ1n) is 8.15. The summed E-state index contributed by atoms with van der Waals surface area (Å²) in [5.41, 5.74) is 4.47. The van der Waals surface area contributed by atoms with Crippen LogP contribution in [0.25, 0.3) is 21.8 Å². The summed E-state index contributed by atoms with van der Waals surface area (Å²) < 4.78 is 6.42. The van der Waals surface area contributed by atoms with Crippen LogP contribution in [-0.2, 0) is 17.6 Å². The molecule has 25 heavy (non-hydrogen) atoms. The first-order chi connectivity index (χ1) is 12.2. The molecule has 0 unspecified atom stereocenters. The summed E-state index contributed by atoms with van der Waals surface area (Å²) in [6, 6.07) is 10.3. The van der Waals surface area contributed by atoms with E-state index in [4.69, 9.17) is 9.72 Å². The van der Waals surface area contributed by atoms with Gasteiger partial charge in [-0.3, -0.25) is 0 Å². The fourth-order valence-corrected chi connectivity index (χ4v) is 6.14. The van der Waals surface area contributed by atoms with E-state index in [0.717, 1.165) is 49.3 Å². The van der Waals surface area contributed by atoms with Crippen molar-refractivity contribution in [3.63, 3.8) is 0 Å². The number of thioether (sulfide) groups is 1. The number of fused-ring (bicyclic) bond motifs is 3. The molecule has 0 radical (unpaired) electrons. The highest BCUT2D eigenvalue weighted by Gasteiger charge is 2.31. The van der Waals surface area contributed by atoms with Crippen LogP contribution in [0, 0.1) is 0 Å². The van der Waals surface area contributed by atoms with Crippen LogP contribution < -0.4 is 0 Å². The van der Waals surface area contributed by atoms with Crippen LogP contribution in [-0.4, -0.2) is 23.8 Å². The number of ether oxygens (including phenoxy) is 1. The molecule has 0 saturated carbocycles. The Morgan fingerprint density at radius 2 is 2.04 bits per heavy atom. The number of nitrogens with zero attached hydrogens (tertiary/aromatic N) is 1. The van der Waals surface area contributed by atoms with Crippen LogP contribution in [0.5, 0.6) is 0 Å². The number of aryl methyl sites for hydroxylation is 1. The number of hydrogen-bond acceptors (Lipinski definition) is 6. The highest BCUT2D eigenvalue weighted by molar-refractivity contribution is 8.00. The van der Waals surface area contributed by atoms with Gasteiger partial charge in [-0.15, -0.1) is 34.4 Å². The molecule has 0 fully saturated rings. The van der Waals surface area contributed by atoms with Crippen molar-refractivity contribution in [1.82, 2.24) is 4.98 Å². The number of thiazole rings is 1. The summed E-state index contributed by atoms with van der Waals surface area (Å²) in [5.74, 6) is -0.203. The molecule has 0 N–H and O–H groups in total. The standard InChI is InChI=1S/C19H17NO2S3/c1-3-22-18(21)16-12-9-10-13-15(14(12)19(23-2)25-16)20-17(24-13)11-7-5-4-6-8-11/h4-8H,3,9-10H2,1-2H3. The first-order valence-corrected chi connectivity index (χ1v) is 11.0. The summed E-state index contributed by atoms with van der Waals surface area (Å²) >= 11 is 5.00. The smallest absolute Gasteiger partial charge is 0.348 e. The third-order valence-corrected chi connectivity index (χ3v) is 7.67. The predicted octanol–water partition coefficient (Wildman–Crippen LogP) is 5.54. The van der Waals surface area contributed by atoms with Crippen molar-refractivity contribution in [2.45, 2.75) is 24.0 Å². The SMILES string of the molecule is CCOC(=O)c1sc(SC)c2c1CCc1sc(-c3ccccc3)nc1-2. The summed E-state index contributed by atoms with van der Waals surface area (Å²) in [6.45, 7) is 2.25. The molecule has 4 rings (SSSR count). The maximum Gasteiger partial charge on any atom is 0.348 e. The van der Waals surface area contributed by atoms with Gasteiger partial charge in [0.2, 0.25) is 0 Å². The van der Waals surface area contributed by atoms with Gasteiger partial charge in [-0.1, -0.05) is 30.3 Å². The number of benzene rings is 1. The van der Waals surface area contributed by atoms with Gasteiger partial charge in [0.1, 0.15) is 9.88 Å². The van der Waals surface area contributed by atoms with E-state index < -0.39 is 0 Å². The van der Waals surface area contributed by atoms with Crippen molar-refractivity contribution in [2.24, 2.45) is 0 Å². The van der Waals surface area contributed by atoms with E-state index in [1.165, 1.54) is 4.88 Å². The average Bonchev–Trinajstić information content (AvgIpc) is 3.23. The minimum Gasteiger partial charge on any atom is -0.462 e. The van der Waals surface area contributed by atoms with Gasteiger partial charge in [-0.25, -0.2) is 9.78 Å². The van der Waals surface area contributed by atoms with Gasteiger partial charge < -0.3 is 4.74 Å². The molecule has 1 aliphatic rings. The molecule has 0 aliphatic heterocycles. The lowest BCUT2D eigenvalue weighted by atomic mass is 9.95. The average molecular weight is 388 g/mol. The Hall–Kier alpha value is -1.63. The van der Waals surface area contributed by atoms with Gasteiger partial charge in [0, 0.05) is 16.0 Å². The fraction of sp³-hybridized carbons (Fsp3) is 0.263. The Labute approximate surface area is 159 Å². The molecule has 0 spiro atoms. The van der Waals surface area contributed by atoms with E-state index in [0.29, 0.717) is 6.61 Å². The molecule has 2 aromatic heterocycles. The van der Waals surface area contributed by atoms with E-state index in [1.807, 2.05) is 25.1 Å². The monoisotopic (exact) mass is 387 g/mol. The largest absolute Gasteiger partial charge is 0.462 e. The van der Waals surface area contributed by atoms with Crippen molar-refractivity contribution in [3.05, 3.63) is 45.6 Å². The van der Waals surface area contributed by atoms with E-state index in [-0.39, 0.29) is 5.97 Å². The van der Waals surface area contributed by atoms with Crippen molar-refractivity contribution >= 4 is 40.4 Å². The van der Waals surface area contributed by atoms with Crippen LogP contribution in [0.3, 0.4) is 0 Å². The number of thiophene rings is 1. The molecule has 3 aromatic rings. The Morgan fingerprint density at radius 1 is 1.24 bits per heavy atom. The zero-order chi connectivity index (χ0) is 17.4. The highest BCUT2D eigenvalue weighted by atomic mass is 32.2. The number of esters is 1. The summed E-state index contributed by atoms with van der Waals surface area (Å²) in [7, 11) is 0. The van der Waals surface area contributed by atoms with E-state index >= 15 is 0 Å². The molecule has 0 atom stereocenters. The number of aromatic nitrogens is 1. The Morgan fingerprint density at radius 3 is 2.76 bits per heavy atom. The van der Waals surface area contributed by atoms with Crippen LogP contribution in [0.2, 0.25) is 0 Å². The fourth-order valence-electron chi connectivity index (χ4n) is 3.08. The summed E-state index contributed by atoms with van der Waals surface area (Å²) in [5, 5.41) is 1.05. The molecular weight excluding hydrogens is 370 g/mol. The number of hydrogen-bond donors (Lipinski definition) is 0. The molecule has 6 heteroatoms. The minimum absolute atomic E-state index is 0.203. The zero-order valence-corrected chi connectivity index (χ0v) is 16.4. The number of carbonyl (C=O) groups is 1. The van der Waals surface area contributed by atoms with Gasteiger partial charge in [0.05, 0.1) is 16.5 Å². The quantitative estimate of drug-likeness (QED) is 0.435. The van der Waals surface area contributed by atoms with Gasteiger partial charge in [-0.2, -0.15) is 0 Å². The second-order valence-corrected chi connectivity index (χ2v) is 8.83. The first kappa shape index (κ1) is 16.8. The van der Waals surface area contributed by atoms with E-state index in [2.05, 4.69) is 18.4 Å². The van der Waals surface area contributed by atoms with Crippen LogP contribution in [0.15, 0.2) is 34.5 Å². The molecule has 1 aromatic carbocycles. The second kappa shape index (κ2) is 6.94. The summed E-state index contributed by atoms with van der Waals surface area (Å²) in [4.78, 5) is 19.4. The lowest BCUT2D eigenvalue weighted by Crippen LogP contribution is -2.08. The van der Waals surface area contributed by atoms with Gasteiger partial charge in [0.25, 0.3) is 0 Å². The minimum atomic E-state index is -0.203. The predicted molar refractivity (Wildman–Crippen MR) is 106 cm³/mol. The van der Waals surface area contributed by atoms with E-state index in [1.54, 1.807) is 34.4 Å². The van der Waals surface area contributed by atoms with Crippen molar-refractivity contribution in [2.75, 3.05) is 12.9 Å². The van der Waals surface area contributed by atoms with Crippen molar-refractivity contribution in [1.29, 1.82) is 0 Å². The lowest BCUT2D eigenvalue weighted by Gasteiger charge is -2.13. The van der Waals surface area contributed by atoms with Gasteiger partial charge >= 0.3 is 5.97 Å². The third-order valence-electron chi connectivity index (χ3n) is 4.18. The molecule has 128 valence electrons. The number of carbonyl (C=O) groups excluding carboxylic acids is 1. The molecule has 3 nitrogen and oxygen atoms in total. The van der Waals surface area contributed by atoms with E-state index in [9.17, 15) is 4.79 Å². The molecular formula is C19H17NO2S3. The molecule has 0 amide bonds. The molecule has 0 saturated heterocycles. The molecule has 0 bridgehead atoms. The van der Waals surface area contributed by atoms with Crippen molar-refractivity contribution < 1.29 is 9.53 Å². The Bertz CT molecular complexity index is 928. The van der Waals surface area contributed by atoms with Gasteiger partial charge in [-0.05, 0) is 31.6 Å². The lowest BCUT2D eigenvalue weighted by molar-refractivity contribution is 0.0531. The van der Waals surface area contributed by atoms with Crippen molar-refractivity contribution in [3.8, 4) is 21.8 Å². The maximum absolute atomic E-state index is 12.3. The highest BCUT2D eigenvalue weighted by Crippen LogP contribution is 2.48. The summed E-state index contributed by atoms with van der Waals surface area (Å²) in [6.07, 6.45) is 3.87. The van der Waals surface area contributed by atoms with Gasteiger partial charge in [0.15, 0.2) is 0 Å². The van der Waals surface area contributed by atoms with Crippen LogP contribution in [0.1, 0.15) is 27.0 Å². The Kier molecular flexibility index (Phi) is 4.67. The normalized spacial score (nSPS) is 12.6. The molecule has 2 heterocycles. The second-order valence-electron chi connectivity index (χ2n) is 5.65. The van der Waals surface area contributed by atoms with Crippen LogP contribution >= 0.6 is 34.4 Å². The zero-order valence-electron chi connectivity index (χ0n) is 14.0. The number of rotatable bonds is 4. The Balaban J connectivity index is 1.84. The molecule has 1 aliphatic carbocycles.